The van der Waals surface area contributed by atoms with Crippen LogP contribution >= 0.6 is 0 Å². The van der Waals surface area contributed by atoms with Crippen LogP contribution in [0.2, 0.25) is 0 Å². The Kier molecular flexibility index (Phi) is 3.79. The number of carbonyl (C=O) groups excluding carboxylic acids is 2. The zero-order valence-corrected chi connectivity index (χ0v) is 12.3. The Balaban J connectivity index is 1.84. The topological polar surface area (TPSA) is 37.4 Å². The maximum atomic E-state index is 13.2. The maximum Gasteiger partial charge on any atom is 0.254 e. The van der Waals surface area contributed by atoms with E-state index in [9.17, 15) is 14.0 Å². The third-order valence-corrected chi connectivity index (χ3v) is 4.80. The molecule has 0 bridgehead atoms. The fourth-order valence-electron chi connectivity index (χ4n) is 3.73. The Labute approximate surface area is 124 Å². The van der Waals surface area contributed by atoms with Crippen LogP contribution in [0.1, 0.15) is 48.0 Å². The largest absolute Gasteiger partial charge is 0.335 e. The zero-order valence-electron chi connectivity index (χ0n) is 12.3. The summed E-state index contributed by atoms with van der Waals surface area (Å²) in [7, 11) is 0. The van der Waals surface area contributed by atoms with Crippen LogP contribution in [0.5, 0.6) is 0 Å². The Morgan fingerprint density at radius 3 is 2.76 bits per heavy atom. The molecule has 1 aliphatic heterocycles. The number of halogens is 1. The van der Waals surface area contributed by atoms with Crippen molar-refractivity contribution in [3.05, 3.63) is 35.1 Å². The van der Waals surface area contributed by atoms with Crippen molar-refractivity contribution in [2.75, 3.05) is 6.54 Å². The van der Waals surface area contributed by atoms with E-state index in [2.05, 4.69) is 0 Å². The van der Waals surface area contributed by atoms with Crippen LogP contribution in [0.4, 0.5) is 4.39 Å². The van der Waals surface area contributed by atoms with Gasteiger partial charge in [0.25, 0.3) is 5.91 Å². The number of amides is 1. The van der Waals surface area contributed by atoms with Crippen LogP contribution in [-0.2, 0) is 4.79 Å². The fourth-order valence-corrected chi connectivity index (χ4v) is 3.73. The molecule has 3 rings (SSSR count). The van der Waals surface area contributed by atoms with Gasteiger partial charge in [0, 0.05) is 30.5 Å². The summed E-state index contributed by atoms with van der Waals surface area (Å²) in [4.78, 5) is 26.6. The smallest absolute Gasteiger partial charge is 0.254 e. The predicted octanol–water partition coefficient (Wildman–Crippen LogP) is 3.11. The van der Waals surface area contributed by atoms with Gasteiger partial charge in [-0.15, -0.1) is 0 Å². The van der Waals surface area contributed by atoms with Crippen LogP contribution in [0.15, 0.2) is 18.2 Å². The molecule has 0 spiro atoms. The summed E-state index contributed by atoms with van der Waals surface area (Å²) in [6.07, 6.45) is 4.34. The van der Waals surface area contributed by atoms with E-state index in [-0.39, 0.29) is 23.7 Å². The minimum atomic E-state index is -0.326. The van der Waals surface area contributed by atoms with Gasteiger partial charge in [-0.1, -0.05) is 0 Å². The zero-order chi connectivity index (χ0) is 15.0. The summed E-state index contributed by atoms with van der Waals surface area (Å²) in [5.41, 5.74) is 1.21. The second kappa shape index (κ2) is 5.58. The van der Waals surface area contributed by atoms with Gasteiger partial charge in [-0.3, -0.25) is 9.59 Å². The lowest BCUT2D eigenvalue weighted by Gasteiger charge is -2.29. The van der Waals surface area contributed by atoms with Crippen LogP contribution in [0.3, 0.4) is 0 Å². The maximum absolute atomic E-state index is 13.2. The minimum Gasteiger partial charge on any atom is -0.335 e. The summed E-state index contributed by atoms with van der Waals surface area (Å²) >= 11 is 0. The number of ketones is 1. The van der Waals surface area contributed by atoms with E-state index in [0.717, 1.165) is 25.7 Å². The highest BCUT2D eigenvalue weighted by Gasteiger charge is 2.40. The molecule has 1 saturated carbocycles. The molecule has 2 fully saturated rings. The fraction of sp³-hybridized carbons (Fsp3) is 0.529. The standard InChI is InChI=1S/C17H20FNO2/c1-11-10-12(18)7-8-13(11)17(21)19-9-3-5-15(19)14-4-2-6-16(14)20/h7-8,10,14-15H,2-6,9H2,1H3. The van der Waals surface area contributed by atoms with Gasteiger partial charge >= 0.3 is 0 Å². The number of benzene rings is 1. The molecule has 1 aliphatic carbocycles. The van der Waals surface area contributed by atoms with Crippen molar-refractivity contribution in [1.29, 1.82) is 0 Å². The minimum absolute atomic E-state index is 0.0113. The summed E-state index contributed by atoms with van der Waals surface area (Å²) < 4.78 is 13.2. The normalized spacial score (nSPS) is 25.6. The van der Waals surface area contributed by atoms with Crippen molar-refractivity contribution in [3.63, 3.8) is 0 Å². The molecule has 1 amide bonds. The molecule has 1 saturated heterocycles. The van der Waals surface area contributed by atoms with Crippen LogP contribution in [0.25, 0.3) is 0 Å². The van der Waals surface area contributed by atoms with Gasteiger partial charge in [-0.05, 0) is 56.4 Å². The van der Waals surface area contributed by atoms with Gasteiger partial charge in [0.1, 0.15) is 11.6 Å². The van der Waals surface area contributed by atoms with E-state index in [1.165, 1.54) is 12.1 Å². The second-order valence-corrected chi connectivity index (χ2v) is 6.13. The van der Waals surface area contributed by atoms with E-state index >= 15 is 0 Å². The molecule has 4 heteroatoms. The van der Waals surface area contributed by atoms with E-state index in [1.807, 2.05) is 4.90 Å². The molecule has 2 unspecified atom stereocenters. The summed E-state index contributed by atoms with van der Waals surface area (Å²) in [6, 6.07) is 4.31. The van der Waals surface area contributed by atoms with Crippen LogP contribution < -0.4 is 0 Å². The molecule has 0 N–H and O–H groups in total. The number of nitrogens with zero attached hydrogens (tertiary/aromatic N) is 1. The Bertz CT molecular complexity index is 584. The lowest BCUT2D eigenvalue weighted by atomic mass is 9.94. The van der Waals surface area contributed by atoms with Gasteiger partial charge < -0.3 is 4.90 Å². The Hall–Kier alpha value is -1.71. The van der Waals surface area contributed by atoms with Crippen molar-refractivity contribution >= 4 is 11.7 Å². The number of hydrogen-bond acceptors (Lipinski definition) is 2. The number of rotatable bonds is 2. The molecule has 1 aromatic rings. The van der Waals surface area contributed by atoms with Gasteiger partial charge in [0.15, 0.2) is 0 Å². The first-order valence-corrected chi connectivity index (χ1v) is 7.68. The van der Waals surface area contributed by atoms with E-state index in [0.29, 0.717) is 29.9 Å². The molecule has 3 nitrogen and oxygen atoms in total. The molecule has 2 aliphatic rings. The molecule has 0 aromatic heterocycles. The third-order valence-electron chi connectivity index (χ3n) is 4.80. The first kappa shape index (κ1) is 14.2. The van der Waals surface area contributed by atoms with Crippen molar-refractivity contribution < 1.29 is 14.0 Å². The number of carbonyl (C=O) groups is 2. The average molecular weight is 289 g/mol. The number of aryl methyl sites for hydroxylation is 1. The molecular formula is C17H20FNO2. The summed E-state index contributed by atoms with van der Waals surface area (Å²) in [5.74, 6) is -0.0737. The lowest BCUT2D eigenvalue weighted by molar-refractivity contribution is -0.121. The first-order valence-electron chi connectivity index (χ1n) is 7.68. The van der Waals surface area contributed by atoms with Gasteiger partial charge in [-0.25, -0.2) is 4.39 Å². The highest BCUT2D eigenvalue weighted by molar-refractivity contribution is 5.96. The Morgan fingerprint density at radius 1 is 1.29 bits per heavy atom. The van der Waals surface area contributed by atoms with E-state index in [4.69, 9.17) is 0 Å². The number of Topliss-reactive ketones (excluding diaryl/α,β-unsaturated/α-hetero) is 1. The van der Waals surface area contributed by atoms with E-state index in [1.54, 1.807) is 13.0 Å². The molecule has 21 heavy (non-hydrogen) atoms. The SMILES string of the molecule is Cc1cc(F)ccc1C(=O)N1CCCC1C1CCCC1=O. The van der Waals surface area contributed by atoms with Gasteiger partial charge in [-0.2, -0.15) is 0 Å². The molecule has 1 aromatic carbocycles. The Morgan fingerprint density at radius 2 is 2.10 bits per heavy atom. The average Bonchev–Trinajstić information content (AvgIpc) is 3.06. The molecule has 0 radical (unpaired) electrons. The van der Waals surface area contributed by atoms with Crippen LogP contribution in [-0.4, -0.2) is 29.2 Å². The van der Waals surface area contributed by atoms with Crippen molar-refractivity contribution in [3.8, 4) is 0 Å². The number of likely N-dealkylation sites (tertiary alicyclic amines) is 1. The van der Waals surface area contributed by atoms with Crippen LogP contribution in [0, 0.1) is 18.7 Å². The first-order chi connectivity index (χ1) is 10.1. The predicted molar refractivity (Wildman–Crippen MR) is 77.5 cm³/mol. The molecule has 112 valence electrons. The number of hydrogen-bond donors (Lipinski definition) is 0. The van der Waals surface area contributed by atoms with E-state index < -0.39 is 0 Å². The van der Waals surface area contributed by atoms with Crippen molar-refractivity contribution in [2.45, 2.75) is 45.1 Å². The molecule has 1 heterocycles. The van der Waals surface area contributed by atoms with Crippen molar-refractivity contribution in [2.24, 2.45) is 5.92 Å². The quantitative estimate of drug-likeness (QED) is 0.839. The summed E-state index contributed by atoms with van der Waals surface area (Å²) in [5, 5.41) is 0. The highest BCUT2D eigenvalue weighted by atomic mass is 19.1. The summed E-state index contributed by atoms with van der Waals surface area (Å²) in [6.45, 7) is 2.45. The van der Waals surface area contributed by atoms with Gasteiger partial charge in [0.05, 0.1) is 0 Å². The van der Waals surface area contributed by atoms with Gasteiger partial charge in [0.2, 0.25) is 0 Å². The molecular weight excluding hydrogens is 269 g/mol. The third kappa shape index (κ3) is 2.59. The highest BCUT2D eigenvalue weighted by Crippen LogP contribution is 2.34. The lowest BCUT2D eigenvalue weighted by Crippen LogP contribution is -2.41. The molecule has 2 atom stereocenters. The second-order valence-electron chi connectivity index (χ2n) is 6.13. The monoisotopic (exact) mass is 289 g/mol. The van der Waals surface area contributed by atoms with Crippen molar-refractivity contribution in [1.82, 2.24) is 4.90 Å².